The summed E-state index contributed by atoms with van der Waals surface area (Å²) in [6.07, 6.45) is 21.6. The third-order valence-corrected chi connectivity index (χ3v) is 13.9. The Hall–Kier alpha value is -0.960. The summed E-state index contributed by atoms with van der Waals surface area (Å²) < 4.78 is 0. The van der Waals surface area contributed by atoms with Gasteiger partial charge < -0.3 is 0 Å². The van der Waals surface area contributed by atoms with Gasteiger partial charge in [-0.25, -0.2) is 0 Å². The van der Waals surface area contributed by atoms with Crippen molar-refractivity contribution in [3.8, 4) is 12.3 Å². The molecule has 202 valence electrons. The molecule has 5 aliphatic rings. The molecule has 0 saturated heterocycles. The molecule has 0 amide bonds. The Bertz CT molecular complexity index is 957. The van der Waals surface area contributed by atoms with Crippen LogP contribution in [0.15, 0.2) is 23.8 Å². The average Bonchev–Trinajstić information content (AvgIpc) is 2.81. The average molecular weight is 491 g/mol. The minimum Gasteiger partial charge on any atom is -0.120 e. The molecular weight excluding hydrogens is 432 g/mol. The number of terminal acetylenes is 1. The lowest BCUT2D eigenvalue weighted by Crippen LogP contribution is -2.64. The highest BCUT2D eigenvalue weighted by atomic mass is 14.7. The van der Waals surface area contributed by atoms with Gasteiger partial charge >= 0.3 is 0 Å². The summed E-state index contributed by atoms with van der Waals surface area (Å²) in [5.41, 5.74) is 5.38. The molecular formula is C36H58. The summed E-state index contributed by atoms with van der Waals surface area (Å²) in [6, 6.07) is 0. The number of rotatable bonds is 1. The van der Waals surface area contributed by atoms with Crippen molar-refractivity contribution in [1.82, 2.24) is 0 Å². The van der Waals surface area contributed by atoms with Crippen LogP contribution in [0.5, 0.6) is 0 Å². The lowest BCUT2D eigenvalue weighted by molar-refractivity contribution is -0.176. The minimum atomic E-state index is 0.290. The van der Waals surface area contributed by atoms with E-state index in [1.807, 2.05) is 13.8 Å². The molecule has 0 bridgehead atoms. The second-order valence-corrected chi connectivity index (χ2v) is 15.8. The fourth-order valence-electron chi connectivity index (χ4n) is 11.1. The van der Waals surface area contributed by atoms with Gasteiger partial charge in [0.1, 0.15) is 0 Å². The van der Waals surface area contributed by atoms with Crippen molar-refractivity contribution in [3.05, 3.63) is 23.8 Å². The fraction of sp³-hybridized carbons (Fsp3) is 0.833. The van der Waals surface area contributed by atoms with Gasteiger partial charge in [-0.05, 0) is 114 Å². The predicted molar refractivity (Wildman–Crippen MR) is 158 cm³/mol. The van der Waals surface area contributed by atoms with Crippen molar-refractivity contribution >= 4 is 0 Å². The van der Waals surface area contributed by atoms with Crippen molar-refractivity contribution in [2.45, 2.75) is 133 Å². The van der Waals surface area contributed by atoms with Crippen molar-refractivity contribution in [2.75, 3.05) is 0 Å². The molecule has 4 saturated carbocycles. The Kier molecular flexibility index (Phi) is 6.85. The van der Waals surface area contributed by atoms with Crippen LogP contribution in [-0.4, -0.2) is 0 Å². The lowest BCUT2D eigenvalue weighted by Gasteiger charge is -2.72. The van der Waals surface area contributed by atoms with Crippen LogP contribution in [-0.2, 0) is 0 Å². The van der Waals surface area contributed by atoms with Crippen LogP contribution in [0.1, 0.15) is 133 Å². The van der Waals surface area contributed by atoms with E-state index in [9.17, 15) is 0 Å². The Balaban J connectivity index is 0.00000148. The molecule has 0 N–H and O–H groups in total. The quantitative estimate of drug-likeness (QED) is 0.321. The standard InChI is InChI=1S/C34H52.C2H6/c1-11-14-30(6)17-18-31(7)19-20-33(9)25(26(31)22-30)21-23(2)28-32(8)15-12-24(3)29(4,5)27(32)13-16-34(28,33)10;1-2/h1,21,24,26-28H,2,12-20,22H2,3-10H3;1-2H3. The van der Waals surface area contributed by atoms with Gasteiger partial charge in [0.25, 0.3) is 0 Å². The predicted octanol–water partition coefficient (Wildman–Crippen LogP) is 10.6. The maximum Gasteiger partial charge on any atom is 0.0140 e. The molecule has 0 aromatic carbocycles. The first-order valence-electron chi connectivity index (χ1n) is 15.5. The molecule has 0 nitrogen and oxygen atoms in total. The van der Waals surface area contributed by atoms with Crippen LogP contribution in [0.2, 0.25) is 0 Å². The summed E-state index contributed by atoms with van der Waals surface area (Å²) in [7, 11) is 0. The molecule has 9 unspecified atom stereocenters. The van der Waals surface area contributed by atoms with Crippen LogP contribution in [0, 0.1) is 68.5 Å². The number of hydrogen-bond donors (Lipinski definition) is 0. The summed E-state index contributed by atoms with van der Waals surface area (Å²) >= 11 is 0. The second kappa shape index (κ2) is 8.78. The third kappa shape index (κ3) is 3.60. The van der Waals surface area contributed by atoms with Crippen molar-refractivity contribution < 1.29 is 0 Å². The summed E-state index contributed by atoms with van der Waals surface area (Å²) in [6.45, 7) is 29.7. The second-order valence-electron chi connectivity index (χ2n) is 15.8. The number of allylic oxidation sites excluding steroid dienone is 3. The summed E-state index contributed by atoms with van der Waals surface area (Å²) in [4.78, 5) is 0. The maximum absolute atomic E-state index is 5.86. The highest BCUT2D eigenvalue weighted by Gasteiger charge is 2.68. The monoisotopic (exact) mass is 490 g/mol. The van der Waals surface area contributed by atoms with Gasteiger partial charge in [0, 0.05) is 6.42 Å². The van der Waals surface area contributed by atoms with Gasteiger partial charge in [-0.2, -0.15) is 0 Å². The molecule has 9 atom stereocenters. The Morgan fingerprint density at radius 2 is 1.56 bits per heavy atom. The summed E-state index contributed by atoms with van der Waals surface area (Å²) in [5.74, 6) is 5.95. The minimum absolute atomic E-state index is 0.290. The van der Waals surface area contributed by atoms with E-state index in [-0.39, 0.29) is 0 Å². The molecule has 5 rings (SSSR count). The van der Waals surface area contributed by atoms with Crippen molar-refractivity contribution in [3.63, 3.8) is 0 Å². The Morgan fingerprint density at radius 3 is 2.19 bits per heavy atom. The molecule has 0 heterocycles. The molecule has 4 fully saturated rings. The van der Waals surface area contributed by atoms with E-state index in [4.69, 9.17) is 13.0 Å². The van der Waals surface area contributed by atoms with E-state index in [1.165, 1.54) is 63.4 Å². The van der Waals surface area contributed by atoms with Crippen LogP contribution in [0.4, 0.5) is 0 Å². The summed E-state index contributed by atoms with van der Waals surface area (Å²) in [5, 5.41) is 0. The van der Waals surface area contributed by atoms with Gasteiger partial charge in [0.2, 0.25) is 0 Å². The largest absolute Gasteiger partial charge is 0.120 e. The van der Waals surface area contributed by atoms with Gasteiger partial charge in [-0.3, -0.25) is 0 Å². The molecule has 0 aliphatic heterocycles. The zero-order valence-corrected chi connectivity index (χ0v) is 25.7. The van der Waals surface area contributed by atoms with E-state index < -0.39 is 0 Å². The normalized spacial score (nSPS) is 51.1. The highest BCUT2D eigenvalue weighted by Crippen LogP contribution is 2.76. The lowest BCUT2D eigenvalue weighted by atomic mass is 9.32. The SMILES string of the molecule is C#CCC1(C)CCC2(C)CCC3(C)C(=CC(=C)C4C5(C)CCC(C)C(C)(C)C5CCC43C)C2C1.CC. The van der Waals surface area contributed by atoms with Crippen LogP contribution >= 0.6 is 0 Å². The molecule has 5 aliphatic carbocycles. The topological polar surface area (TPSA) is 0 Å². The van der Waals surface area contributed by atoms with Gasteiger partial charge in [-0.1, -0.05) is 93.0 Å². The number of fused-ring (bicyclic) bond motifs is 7. The van der Waals surface area contributed by atoms with E-state index in [1.54, 1.807) is 5.57 Å². The Labute approximate surface area is 225 Å². The van der Waals surface area contributed by atoms with Crippen molar-refractivity contribution in [1.29, 1.82) is 0 Å². The molecule has 0 aromatic heterocycles. The highest BCUT2D eigenvalue weighted by molar-refractivity contribution is 5.43. The molecule has 0 radical (unpaired) electrons. The first kappa shape index (κ1) is 28.1. The third-order valence-electron chi connectivity index (χ3n) is 13.9. The first-order valence-corrected chi connectivity index (χ1v) is 15.5. The van der Waals surface area contributed by atoms with Crippen LogP contribution < -0.4 is 0 Å². The molecule has 0 aromatic rings. The Morgan fingerprint density at radius 1 is 0.917 bits per heavy atom. The van der Waals surface area contributed by atoms with E-state index in [0.717, 1.165) is 18.3 Å². The molecule has 36 heavy (non-hydrogen) atoms. The van der Waals surface area contributed by atoms with E-state index in [2.05, 4.69) is 67.4 Å². The maximum atomic E-state index is 5.86. The fourth-order valence-corrected chi connectivity index (χ4v) is 11.1. The molecule has 0 heteroatoms. The van der Waals surface area contributed by atoms with Gasteiger partial charge in [0.15, 0.2) is 0 Å². The van der Waals surface area contributed by atoms with E-state index in [0.29, 0.717) is 44.3 Å². The van der Waals surface area contributed by atoms with Crippen LogP contribution in [0.3, 0.4) is 0 Å². The zero-order valence-electron chi connectivity index (χ0n) is 25.7. The van der Waals surface area contributed by atoms with Gasteiger partial charge in [-0.15, -0.1) is 12.3 Å². The zero-order chi connectivity index (χ0) is 26.9. The van der Waals surface area contributed by atoms with E-state index >= 15 is 0 Å². The van der Waals surface area contributed by atoms with Gasteiger partial charge in [0.05, 0.1) is 0 Å². The molecule has 0 spiro atoms. The van der Waals surface area contributed by atoms with Crippen LogP contribution in [0.25, 0.3) is 0 Å². The smallest absolute Gasteiger partial charge is 0.0140 e. The number of hydrogen-bond acceptors (Lipinski definition) is 0. The first-order chi connectivity index (χ1) is 16.7. The van der Waals surface area contributed by atoms with Crippen molar-refractivity contribution in [2.24, 2.45) is 56.2 Å².